The van der Waals surface area contributed by atoms with Crippen LogP contribution in [0.3, 0.4) is 0 Å². The molecule has 0 atom stereocenters. The summed E-state index contributed by atoms with van der Waals surface area (Å²) in [6.07, 6.45) is 5.87. The molecule has 0 bridgehead atoms. The van der Waals surface area contributed by atoms with Crippen LogP contribution in [0.15, 0.2) is 35.9 Å². The van der Waals surface area contributed by atoms with Crippen LogP contribution in [0, 0.1) is 0 Å². The Morgan fingerprint density at radius 1 is 1.17 bits per heavy atom. The topological polar surface area (TPSA) is 35.5 Å². The van der Waals surface area contributed by atoms with Crippen LogP contribution < -0.4 is 0 Å². The summed E-state index contributed by atoms with van der Waals surface area (Å²) in [6, 6.07) is 0. The lowest BCUT2D eigenvalue weighted by Crippen LogP contribution is -2.41. The molecule has 1 aliphatic rings. The summed E-state index contributed by atoms with van der Waals surface area (Å²) in [5.41, 5.74) is 0.455. The second-order valence-corrected chi connectivity index (χ2v) is 5.31. The Balaban J connectivity index is 3.05. The van der Waals surface area contributed by atoms with Crippen molar-refractivity contribution in [3.05, 3.63) is 35.9 Å². The van der Waals surface area contributed by atoms with E-state index in [1.807, 2.05) is 40.7 Å². The van der Waals surface area contributed by atoms with Crippen LogP contribution >= 0.6 is 0 Å². The SMILES string of the molecule is C=C/C=C(C=O)\C(=C/C)B1OC(C)(C)C(C)(C)O1. The maximum absolute atomic E-state index is 11.1. The molecule has 1 fully saturated rings. The van der Waals surface area contributed by atoms with E-state index in [4.69, 9.17) is 9.31 Å². The number of carbonyl (C=O) groups is 1. The molecule has 1 heterocycles. The van der Waals surface area contributed by atoms with E-state index in [1.165, 1.54) is 0 Å². The Hall–Kier alpha value is -1.13. The van der Waals surface area contributed by atoms with E-state index < -0.39 is 18.3 Å². The lowest BCUT2D eigenvalue weighted by molar-refractivity contribution is -0.104. The molecule has 1 aliphatic heterocycles. The van der Waals surface area contributed by atoms with Gasteiger partial charge >= 0.3 is 7.12 Å². The lowest BCUT2D eigenvalue weighted by atomic mass is 9.73. The molecule has 0 aromatic heterocycles. The monoisotopic (exact) mass is 248 g/mol. The average Bonchev–Trinajstić information content (AvgIpc) is 2.47. The zero-order valence-electron chi connectivity index (χ0n) is 11.8. The highest BCUT2D eigenvalue weighted by molar-refractivity contribution is 6.57. The highest BCUT2D eigenvalue weighted by Crippen LogP contribution is 2.39. The minimum atomic E-state index is -0.517. The summed E-state index contributed by atoms with van der Waals surface area (Å²) in [5, 5.41) is 0. The molecule has 4 heteroatoms. The van der Waals surface area contributed by atoms with Crippen LogP contribution in [0.5, 0.6) is 0 Å². The third-order valence-electron chi connectivity index (χ3n) is 3.58. The van der Waals surface area contributed by atoms with Crippen molar-refractivity contribution in [2.75, 3.05) is 0 Å². The first-order valence-corrected chi connectivity index (χ1v) is 6.09. The van der Waals surface area contributed by atoms with Gasteiger partial charge in [0.25, 0.3) is 0 Å². The van der Waals surface area contributed by atoms with E-state index in [0.29, 0.717) is 5.57 Å². The van der Waals surface area contributed by atoms with E-state index in [2.05, 4.69) is 6.58 Å². The standard InChI is InChI=1S/C14H21BO3/c1-7-9-11(10-16)12(8-2)15-17-13(3,4)14(5,6)18-15/h7-10H,1H2,2-6H3/b11-9-,12-8+. The maximum Gasteiger partial charge on any atom is 0.495 e. The number of aldehydes is 1. The minimum absolute atomic E-state index is 0.409. The molecule has 3 nitrogen and oxygen atoms in total. The first-order valence-electron chi connectivity index (χ1n) is 6.09. The van der Waals surface area contributed by atoms with E-state index in [9.17, 15) is 4.79 Å². The van der Waals surface area contributed by atoms with Gasteiger partial charge in [-0.2, -0.15) is 0 Å². The van der Waals surface area contributed by atoms with Gasteiger partial charge in [0.1, 0.15) is 6.29 Å². The summed E-state index contributed by atoms with van der Waals surface area (Å²) < 4.78 is 11.8. The van der Waals surface area contributed by atoms with Gasteiger partial charge in [-0.1, -0.05) is 24.8 Å². The summed E-state index contributed by atoms with van der Waals surface area (Å²) in [4.78, 5) is 11.1. The van der Waals surface area contributed by atoms with Crippen LogP contribution in [0.2, 0.25) is 0 Å². The van der Waals surface area contributed by atoms with Gasteiger partial charge in [0, 0.05) is 5.57 Å². The molecular weight excluding hydrogens is 227 g/mol. The Morgan fingerprint density at radius 2 is 1.67 bits per heavy atom. The van der Waals surface area contributed by atoms with Gasteiger partial charge in [0.15, 0.2) is 0 Å². The van der Waals surface area contributed by atoms with E-state index in [0.717, 1.165) is 11.8 Å². The highest BCUT2D eigenvalue weighted by atomic mass is 16.7. The predicted molar refractivity (Wildman–Crippen MR) is 74.2 cm³/mol. The molecule has 0 amide bonds. The molecule has 1 saturated heterocycles. The highest BCUT2D eigenvalue weighted by Gasteiger charge is 2.52. The van der Waals surface area contributed by atoms with Gasteiger partial charge in [0.2, 0.25) is 0 Å². The molecule has 0 aromatic rings. The van der Waals surface area contributed by atoms with Crippen LogP contribution in [0.1, 0.15) is 34.6 Å². The van der Waals surface area contributed by atoms with Crippen molar-refractivity contribution in [3.8, 4) is 0 Å². The van der Waals surface area contributed by atoms with Gasteiger partial charge in [-0.15, -0.1) is 0 Å². The quantitative estimate of drug-likeness (QED) is 0.332. The van der Waals surface area contributed by atoms with E-state index in [1.54, 1.807) is 12.2 Å². The van der Waals surface area contributed by atoms with Crippen molar-refractivity contribution in [2.45, 2.75) is 45.8 Å². The smallest absolute Gasteiger partial charge is 0.399 e. The van der Waals surface area contributed by atoms with E-state index >= 15 is 0 Å². The Bertz CT molecular complexity index is 389. The van der Waals surface area contributed by atoms with Gasteiger partial charge < -0.3 is 9.31 Å². The van der Waals surface area contributed by atoms with Gasteiger partial charge in [-0.05, 0) is 40.1 Å². The summed E-state index contributed by atoms with van der Waals surface area (Å²) in [7, 11) is -0.517. The summed E-state index contributed by atoms with van der Waals surface area (Å²) >= 11 is 0. The first-order chi connectivity index (χ1) is 8.29. The van der Waals surface area contributed by atoms with Gasteiger partial charge in [-0.25, -0.2) is 0 Å². The molecule has 18 heavy (non-hydrogen) atoms. The molecule has 0 aromatic carbocycles. The summed E-state index contributed by atoms with van der Waals surface area (Å²) in [5.74, 6) is 0. The minimum Gasteiger partial charge on any atom is -0.399 e. The number of hydrogen-bond donors (Lipinski definition) is 0. The van der Waals surface area contributed by atoms with Crippen molar-refractivity contribution in [1.82, 2.24) is 0 Å². The fraction of sp³-hybridized carbons (Fsp3) is 0.500. The molecule has 0 spiro atoms. The number of allylic oxidation sites excluding steroid dienone is 5. The van der Waals surface area contributed by atoms with Gasteiger partial charge in [-0.3, -0.25) is 4.79 Å². The largest absolute Gasteiger partial charge is 0.495 e. The Kier molecular flexibility index (Phi) is 4.35. The fourth-order valence-corrected chi connectivity index (χ4v) is 1.74. The Morgan fingerprint density at radius 3 is 2.00 bits per heavy atom. The van der Waals surface area contributed by atoms with Crippen LogP contribution in [0.25, 0.3) is 0 Å². The molecule has 0 aliphatic carbocycles. The number of carbonyl (C=O) groups excluding carboxylic acids is 1. The predicted octanol–water partition coefficient (Wildman–Crippen LogP) is 2.88. The van der Waals surface area contributed by atoms with Crippen molar-refractivity contribution >= 4 is 13.4 Å². The first kappa shape index (κ1) is 14.9. The van der Waals surface area contributed by atoms with Crippen LogP contribution in [-0.2, 0) is 14.1 Å². The number of rotatable bonds is 4. The molecule has 0 radical (unpaired) electrons. The molecule has 0 saturated carbocycles. The summed E-state index contributed by atoms with van der Waals surface area (Å²) in [6.45, 7) is 13.4. The Labute approximate surface area is 110 Å². The maximum atomic E-state index is 11.1. The van der Waals surface area contributed by atoms with Crippen molar-refractivity contribution in [3.63, 3.8) is 0 Å². The average molecular weight is 248 g/mol. The molecule has 1 rings (SSSR count). The number of hydrogen-bond acceptors (Lipinski definition) is 3. The fourth-order valence-electron chi connectivity index (χ4n) is 1.74. The zero-order chi connectivity index (χ0) is 14.0. The van der Waals surface area contributed by atoms with Crippen LogP contribution in [0.4, 0.5) is 0 Å². The second-order valence-electron chi connectivity index (χ2n) is 5.31. The van der Waals surface area contributed by atoms with E-state index in [-0.39, 0.29) is 0 Å². The van der Waals surface area contributed by atoms with Crippen molar-refractivity contribution in [2.24, 2.45) is 0 Å². The molecule has 0 unspecified atom stereocenters. The third-order valence-corrected chi connectivity index (χ3v) is 3.58. The molecule has 0 N–H and O–H groups in total. The molecule has 98 valence electrons. The van der Waals surface area contributed by atoms with Crippen molar-refractivity contribution in [1.29, 1.82) is 0 Å². The lowest BCUT2D eigenvalue weighted by Gasteiger charge is -2.32. The van der Waals surface area contributed by atoms with Crippen molar-refractivity contribution < 1.29 is 14.1 Å². The third kappa shape index (κ3) is 2.65. The van der Waals surface area contributed by atoms with Crippen LogP contribution in [-0.4, -0.2) is 24.6 Å². The van der Waals surface area contributed by atoms with Gasteiger partial charge in [0.05, 0.1) is 11.2 Å². The zero-order valence-corrected chi connectivity index (χ0v) is 11.8. The normalized spacial score (nSPS) is 23.1. The molecular formula is C14H21BO3. The second kappa shape index (κ2) is 5.25.